The summed E-state index contributed by atoms with van der Waals surface area (Å²) in [7, 11) is 0. The number of nitrogens with one attached hydrogen (secondary N) is 1. The Morgan fingerprint density at radius 3 is 2.29 bits per heavy atom. The lowest BCUT2D eigenvalue weighted by Crippen LogP contribution is -2.11. The van der Waals surface area contributed by atoms with Crippen molar-refractivity contribution >= 4 is 11.8 Å². The maximum Gasteiger partial charge on any atom is 0.407 e. The lowest BCUT2D eigenvalue weighted by Gasteiger charge is -1.90. The number of nitrogens with two attached hydrogens (primary N) is 1. The Kier molecular flexibility index (Phi) is 3.79. The van der Waals surface area contributed by atoms with Crippen LogP contribution in [0.2, 0.25) is 0 Å². The second-order valence-electron chi connectivity index (χ2n) is 2.97. The lowest BCUT2D eigenvalue weighted by atomic mass is 10.2. The first-order valence-electron chi connectivity index (χ1n) is 4.41. The molecule has 4 heteroatoms. The molecule has 0 radical (unpaired) electrons. The van der Waals surface area contributed by atoms with E-state index in [1.807, 2.05) is 31.2 Å². The minimum atomic E-state index is -0.296. The molecule has 1 saturated heterocycles. The van der Waals surface area contributed by atoms with Crippen molar-refractivity contribution < 1.29 is 9.53 Å². The average molecular weight is 194 g/mol. The minimum Gasteiger partial charge on any atom is -0.448 e. The second kappa shape index (κ2) is 5.11. The van der Waals surface area contributed by atoms with Crippen LogP contribution in [0.25, 0.3) is 0 Å². The summed E-state index contributed by atoms with van der Waals surface area (Å²) in [4.78, 5) is 9.91. The first-order valence-corrected chi connectivity index (χ1v) is 4.41. The van der Waals surface area contributed by atoms with Crippen LogP contribution < -0.4 is 11.1 Å². The zero-order valence-corrected chi connectivity index (χ0v) is 8.12. The molecular formula is C10H14N2O2. The molecule has 1 aromatic carbocycles. The standard InChI is InChI=1S/C7H9N.C3H5NO2/c1-6-2-4-7(8)5-3-6;5-3-4-1-2-6-3/h2-5H,8H2,1H3;1-2H2,(H,4,5). The van der Waals surface area contributed by atoms with Gasteiger partial charge in [-0.1, -0.05) is 17.7 Å². The highest BCUT2D eigenvalue weighted by Crippen LogP contribution is 2.02. The predicted octanol–water partition coefficient (Wildman–Crippen LogP) is 1.30. The Morgan fingerprint density at radius 1 is 1.36 bits per heavy atom. The Bertz CT molecular complexity index is 266. The van der Waals surface area contributed by atoms with Gasteiger partial charge in [-0.3, -0.25) is 0 Å². The highest BCUT2D eigenvalue weighted by atomic mass is 16.6. The molecule has 0 saturated carbocycles. The summed E-state index contributed by atoms with van der Waals surface area (Å²) in [6, 6.07) is 7.79. The third kappa shape index (κ3) is 3.80. The number of carbonyl (C=O) groups excluding carboxylic acids is 1. The number of anilines is 1. The third-order valence-corrected chi connectivity index (χ3v) is 1.68. The van der Waals surface area contributed by atoms with E-state index in [-0.39, 0.29) is 6.09 Å². The van der Waals surface area contributed by atoms with Crippen molar-refractivity contribution in [1.82, 2.24) is 5.32 Å². The zero-order valence-electron chi connectivity index (χ0n) is 8.12. The molecule has 1 aromatic rings. The Morgan fingerprint density at radius 2 is 2.00 bits per heavy atom. The number of carbonyl (C=O) groups is 1. The number of aryl methyl sites for hydroxylation is 1. The molecule has 0 atom stereocenters. The van der Waals surface area contributed by atoms with Gasteiger partial charge in [-0.2, -0.15) is 0 Å². The normalized spacial score (nSPS) is 13.6. The summed E-state index contributed by atoms with van der Waals surface area (Å²) in [5.74, 6) is 0. The third-order valence-electron chi connectivity index (χ3n) is 1.68. The monoisotopic (exact) mass is 194 g/mol. The van der Waals surface area contributed by atoms with Crippen LogP contribution in [0.1, 0.15) is 5.56 Å². The number of cyclic esters (lactones) is 1. The summed E-state index contributed by atoms with van der Waals surface area (Å²) in [5, 5.41) is 2.46. The summed E-state index contributed by atoms with van der Waals surface area (Å²) in [6.07, 6.45) is -0.296. The fourth-order valence-electron chi connectivity index (χ4n) is 0.914. The summed E-state index contributed by atoms with van der Waals surface area (Å²) >= 11 is 0. The first-order chi connectivity index (χ1) is 6.68. The number of rotatable bonds is 0. The van der Waals surface area contributed by atoms with Gasteiger partial charge in [0.05, 0.1) is 6.54 Å². The van der Waals surface area contributed by atoms with Crippen molar-refractivity contribution in [3.63, 3.8) is 0 Å². The van der Waals surface area contributed by atoms with Gasteiger partial charge < -0.3 is 15.8 Å². The highest BCUT2D eigenvalue weighted by Gasteiger charge is 2.06. The number of nitrogen functional groups attached to an aromatic ring is 1. The molecular weight excluding hydrogens is 180 g/mol. The van der Waals surface area contributed by atoms with E-state index >= 15 is 0 Å². The van der Waals surface area contributed by atoms with Gasteiger partial charge >= 0.3 is 6.09 Å². The first kappa shape index (κ1) is 10.4. The molecule has 1 heterocycles. The SMILES string of the molecule is Cc1ccc(N)cc1.O=C1NCCO1. The topological polar surface area (TPSA) is 64.4 Å². The molecule has 0 aliphatic carbocycles. The number of ether oxygens (including phenoxy) is 1. The van der Waals surface area contributed by atoms with Gasteiger partial charge in [-0.15, -0.1) is 0 Å². The van der Waals surface area contributed by atoms with Gasteiger partial charge in [0.2, 0.25) is 0 Å². The van der Waals surface area contributed by atoms with Crippen LogP contribution in [0.3, 0.4) is 0 Å². The maximum atomic E-state index is 9.91. The number of hydrogen-bond acceptors (Lipinski definition) is 3. The van der Waals surface area contributed by atoms with Crippen LogP contribution in [-0.4, -0.2) is 19.2 Å². The smallest absolute Gasteiger partial charge is 0.407 e. The minimum absolute atomic E-state index is 0.296. The molecule has 1 aliphatic heterocycles. The van der Waals surface area contributed by atoms with E-state index < -0.39 is 0 Å². The van der Waals surface area contributed by atoms with Crippen molar-refractivity contribution in [2.45, 2.75) is 6.92 Å². The van der Waals surface area contributed by atoms with E-state index in [0.717, 1.165) is 5.69 Å². The molecule has 2 rings (SSSR count). The molecule has 1 aliphatic rings. The van der Waals surface area contributed by atoms with E-state index in [1.165, 1.54) is 5.56 Å². The average Bonchev–Trinajstić information content (AvgIpc) is 2.63. The van der Waals surface area contributed by atoms with Crippen LogP contribution in [-0.2, 0) is 4.74 Å². The second-order valence-corrected chi connectivity index (χ2v) is 2.97. The van der Waals surface area contributed by atoms with E-state index in [1.54, 1.807) is 0 Å². The number of amides is 1. The van der Waals surface area contributed by atoms with Gasteiger partial charge in [-0.25, -0.2) is 4.79 Å². The van der Waals surface area contributed by atoms with Crippen molar-refractivity contribution in [3.8, 4) is 0 Å². The lowest BCUT2D eigenvalue weighted by molar-refractivity contribution is 0.178. The van der Waals surface area contributed by atoms with Crippen LogP contribution in [0.15, 0.2) is 24.3 Å². The molecule has 1 fully saturated rings. The van der Waals surface area contributed by atoms with Gasteiger partial charge in [-0.05, 0) is 19.1 Å². The molecule has 0 unspecified atom stereocenters. The molecule has 4 nitrogen and oxygen atoms in total. The Hall–Kier alpha value is -1.71. The molecule has 14 heavy (non-hydrogen) atoms. The van der Waals surface area contributed by atoms with Crippen molar-refractivity contribution in [3.05, 3.63) is 29.8 Å². The molecule has 76 valence electrons. The van der Waals surface area contributed by atoms with Gasteiger partial charge in [0.25, 0.3) is 0 Å². The molecule has 3 N–H and O–H groups in total. The van der Waals surface area contributed by atoms with E-state index in [4.69, 9.17) is 5.73 Å². The van der Waals surface area contributed by atoms with Gasteiger partial charge in [0.15, 0.2) is 0 Å². The van der Waals surface area contributed by atoms with E-state index in [0.29, 0.717) is 13.2 Å². The summed E-state index contributed by atoms with van der Waals surface area (Å²) < 4.78 is 4.40. The van der Waals surface area contributed by atoms with Gasteiger partial charge in [0, 0.05) is 5.69 Å². The molecule has 0 aromatic heterocycles. The van der Waals surface area contributed by atoms with Crippen molar-refractivity contribution in [2.24, 2.45) is 0 Å². The van der Waals surface area contributed by atoms with Crippen LogP contribution in [0, 0.1) is 6.92 Å². The fraction of sp³-hybridized carbons (Fsp3) is 0.300. The van der Waals surface area contributed by atoms with Gasteiger partial charge in [0.1, 0.15) is 6.61 Å². The van der Waals surface area contributed by atoms with Crippen molar-refractivity contribution in [2.75, 3.05) is 18.9 Å². The number of hydrogen-bond donors (Lipinski definition) is 2. The van der Waals surface area contributed by atoms with Crippen molar-refractivity contribution in [1.29, 1.82) is 0 Å². The molecule has 0 bridgehead atoms. The van der Waals surface area contributed by atoms with Crippen LogP contribution in [0.5, 0.6) is 0 Å². The summed E-state index contributed by atoms with van der Waals surface area (Å²) in [5.41, 5.74) is 7.51. The van der Waals surface area contributed by atoms with E-state index in [9.17, 15) is 4.79 Å². The highest BCUT2D eigenvalue weighted by molar-refractivity contribution is 5.68. The largest absolute Gasteiger partial charge is 0.448 e. The van der Waals surface area contributed by atoms with Crippen LogP contribution in [0.4, 0.5) is 10.5 Å². The Labute approximate surface area is 83.1 Å². The zero-order chi connectivity index (χ0) is 10.4. The molecule has 1 amide bonds. The van der Waals surface area contributed by atoms with E-state index in [2.05, 4.69) is 10.1 Å². The summed E-state index contributed by atoms with van der Waals surface area (Å²) in [6.45, 7) is 3.23. The fourth-order valence-corrected chi connectivity index (χ4v) is 0.914. The Balaban J connectivity index is 0.000000146. The molecule has 0 spiro atoms. The number of benzene rings is 1. The van der Waals surface area contributed by atoms with Crippen LogP contribution >= 0.6 is 0 Å². The maximum absolute atomic E-state index is 9.91. The quantitative estimate of drug-likeness (QED) is 0.612. The predicted molar refractivity (Wildman–Crippen MR) is 54.9 cm³/mol. The number of alkyl carbamates (subject to hydrolysis) is 1.